The molecule has 1 aliphatic rings. The molecule has 0 fully saturated rings. The Hall–Kier alpha value is -1.81. The molecular weight excluding hydrogens is 244 g/mol. The fraction of sp³-hybridized carbons (Fsp3) is 0.143. The van der Waals surface area contributed by atoms with Crippen molar-refractivity contribution in [2.45, 2.75) is 16.6 Å². The van der Waals surface area contributed by atoms with E-state index in [2.05, 4.69) is 10.3 Å². The summed E-state index contributed by atoms with van der Waals surface area (Å²) in [6.45, 7) is 1.91. The van der Waals surface area contributed by atoms with Crippen LogP contribution in [0.25, 0.3) is 0 Å². The molecule has 1 aromatic heterocycles. The number of para-hydroxylation sites is 1. The summed E-state index contributed by atoms with van der Waals surface area (Å²) >= 11 is 1.55. The number of aromatic nitrogens is 1. The molecule has 2 aromatic rings. The summed E-state index contributed by atoms with van der Waals surface area (Å²) in [6, 6.07) is 13.5. The fourth-order valence-electron chi connectivity index (χ4n) is 1.98. The van der Waals surface area contributed by atoms with Gasteiger partial charge in [0.1, 0.15) is 4.75 Å². The minimum Gasteiger partial charge on any atom is -0.324 e. The van der Waals surface area contributed by atoms with Crippen LogP contribution in [0.2, 0.25) is 0 Å². The van der Waals surface area contributed by atoms with Crippen molar-refractivity contribution < 1.29 is 4.79 Å². The zero-order chi connectivity index (χ0) is 12.6. The molecule has 1 N–H and O–H groups in total. The van der Waals surface area contributed by atoms with Crippen molar-refractivity contribution in [3.05, 3.63) is 54.4 Å². The lowest BCUT2D eigenvalue weighted by atomic mass is 10.0. The van der Waals surface area contributed by atoms with Crippen molar-refractivity contribution >= 4 is 23.4 Å². The molecule has 1 atom stereocenters. The van der Waals surface area contributed by atoms with Gasteiger partial charge in [-0.3, -0.25) is 9.78 Å². The van der Waals surface area contributed by atoms with Gasteiger partial charge in [-0.15, -0.1) is 11.8 Å². The molecule has 0 bridgehead atoms. The molecule has 0 radical (unpaired) electrons. The Morgan fingerprint density at radius 2 is 1.94 bits per heavy atom. The predicted octanol–water partition coefficient (Wildman–Crippen LogP) is 3.04. The number of fused-ring (bicyclic) bond motifs is 1. The smallest absolute Gasteiger partial charge is 0.246 e. The number of thioether (sulfide) groups is 1. The second-order valence-corrected chi connectivity index (χ2v) is 5.76. The van der Waals surface area contributed by atoms with Crippen LogP contribution in [0.1, 0.15) is 12.6 Å². The van der Waals surface area contributed by atoms with Gasteiger partial charge in [-0.1, -0.05) is 18.2 Å². The second-order valence-electron chi connectivity index (χ2n) is 4.30. The largest absolute Gasteiger partial charge is 0.324 e. The average Bonchev–Trinajstić information content (AvgIpc) is 2.41. The number of amides is 1. The summed E-state index contributed by atoms with van der Waals surface area (Å²) in [5, 5.41) is 2.95. The lowest BCUT2D eigenvalue weighted by Gasteiger charge is -2.32. The number of nitrogens with one attached hydrogen (secondary N) is 1. The molecule has 1 aromatic carbocycles. The first-order chi connectivity index (χ1) is 8.70. The van der Waals surface area contributed by atoms with Gasteiger partial charge in [0.25, 0.3) is 0 Å². The average molecular weight is 256 g/mol. The number of carbonyl (C=O) groups is 1. The van der Waals surface area contributed by atoms with Gasteiger partial charge in [-0.25, -0.2) is 0 Å². The van der Waals surface area contributed by atoms with E-state index in [1.54, 1.807) is 18.0 Å². The summed E-state index contributed by atoms with van der Waals surface area (Å²) in [5.74, 6) is -0.0232. The number of hydrogen-bond donors (Lipinski definition) is 1. The van der Waals surface area contributed by atoms with Crippen LogP contribution in [-0.4, -0.2) is 10.9 Å². The molecule has 0 aliphatic carbocycles. The second kappa shape index (κ2) is 4.14. The fourth-order valence-corrected chi connectivity index (χ4v) is 3.16. The molecular formula is C14H12N2OS. The van der Waals surface area contributed by atoms with Gasteiger partial charge < -0.3 is 5.32 Å². The summed E-state index contributed by atoms with van der Waals surface area (Å²) in [7, 11) is 0. The predicted molar refractivity (Wildman–Crippen MR) is 72.5 cm³/mol. The topological polar surface area (TPSA) is 42.0 Å². The first-order valence-electron chi connectivity index (χ1n) is 5.71. The molecule has 90 valence electrons. The first kappa shape index (κ1) is 11.3. The Morgan fingerprint density at radius 3 is 2.72 bits per heavy atom. The lowest BCUT2D eigenvalue weighted by molar-refractivity contribution is -0.118. The van der Waals surface area contributed by atoms with Gasteiger partial charge >= 0.3 is 0 Å². The van der Waals surface area contributed by atoms with Crippen LogP contribution in [-0.2, 0) is 9.54 Å². The third-order valence-electron chi connectivity index (χ3n) is 3.04. The van der Waals surface area contributed by atoms with Gasteiger partial charge in [0.15, 0.2) is 0 Å². The Bertz CT molecular complexity index is 600. The summed E-state index contributed by atoms with van der Waals surface area (Å²) in [4.78, 5) is 17.7. The van der Waals surface area contributed by atoms with Crippen molar-refractivity contribution in [3.8, 4) is 0 Å². The van der Waals surface area contributed by atoms with Crippen molar-refractivity contribution in [2.75, 3.05) is 5.32 Å². The Balaban J connectivity index is 2.07. The number of rotatable bonds is 1. The van der Waals surface area contributed by atoms with E-state index in [0.29, 0.717) is 0 Å². The summed E-state index contributed by atoms with van der Waals surface area (Å²) in [5.41, 5.74) is 1.66. The highest BCUT2D eigenvalue weighted by Gasteiger charge is 2.41. The van der Waals surface area contributed by atoms with Crippen LogP contribution in [0.5, 0.6) is 0 Å². The molecule has 3 rings (SSSR count). The van der Waals surface area contributed by atoms with E-state index in [0.717, 1.165) is 16.3 Å². The zero-order valence-corrected chi connectivity index (χ0v) is 10.7. The van der Waals surface area contributed by atoms with Gasteiger partial charge in [0.2, 0.25) is 5.91 Å². The number of nitrogens with zero attached hydrogens (tertiary/aromatic N) is 1. The van der Waals surface area contributed by atoms with E-state index >= 15 is 0 Å². The highest BCUT2D eigenvalue weighted by Crippen LogP contribution is 2.47. The van der Waals surface area contributed by atoms with E-state index in [1.165, 1.54) is 0 Å². The summed E-state index contributed by atoms with van der Waals surface area (Å²) < 4.78 is -0.671. The molecule has 3 nitrogen and oxygen atoms in total. The molecule has 1 unspecified atom stereocenters. The molecule has 0 saturated heterocycles. The molecule has 0 saturated carbocycles. The normalized spacial score (nSPS) is 22.2. The number of carbonyl (C=O) groups excluding carboxylic acids is 1. The standard InChI is InChI=1S/C14H12N2OS/c1-14(12-8-4-5-9-15-12)13(17)16-10-6-2-3-7-11(10)18-14/h2-9H,1H3,(H,16,17). The zero-order valence-electron chi connectivity index (χ0n) is 9.88. The van der Waals surface area contributed by atoms with Crippen molar-refractivity contribution in [1.82, 2.24) is 4.98 Å². The highest BCUT2D eigenvalue weighted by molar-refractivity contribution is 8.01. The molecule has 18 heavy (non-hydrogen) atoms. The van der Waals surface area contributed by atoms with Crippen LogP contribution in [0.4, 0.5) is 5.69 Å². The quantitative estimate of drug-likeness (QED) is 0.852. The maximum Gasteiger partial charge on any atom is 0.246 e. The number of anilines is 1. The third kappa shape index (κ3) is 1.69. The number of pyridine rings is 1. The van der Waals surface area contributed by atoms with Crippen molar-refractivity contribution in [1.29, 1.82) is 0 Å². The highest BCUT2D eigenvalue weighted by atomic mass is 32.2. The minimum absolute atomic E-state index is 0.0232. The molecule has 4 heteroatoms. The van der Waals surface area contributed by atoms with Gasteiger partial charge in [0, 0.05) is 11.1 Å². The van der Waals surface area contributed by atoms with Gasteiger partial charge in [-0.2, -0.15) is 0 Å². The monoisotopic (exact) mass is 256 g/mol. The van der Waals surface area contributed by atoms with Crippen LogP contribution in [0.3, 0.4) is 0 Å². The van der Waals surface area contributed by atoms with E-state index in [9.17, 15) is 4.79 Å². The molecule has 1 aliphatic heterocycles. The van der Waals surface area contributed by atoms with Crippen LogP contribution < -0.4 is 5.32 Å². The minimum atomic E-state index is -0.671. The Kier molecular flexibility index (Phi) is 2.59. The molecule has 2 heterocycles. The number of benzene rings is 1. The third-order valence-corrected chi connectivity index (χ3v) is 4.41. The summed E-state index contributed by atoms with van der Waals surface area (Å²) in [6.07, 6.45) is 1.72. The SMILES string of the molecule is CC1(c2ccccn2)Sc2ccccc2NC1=O. The Morgan fingerprint density at radius 1 is 1.17 bits per heavy atom. The van der Waals surface area contributed by atoms with Crippen LogP contribution in [0, 0.1) is 0 Å². The van der Waals surface area contributed by atoms with E-state index in [4.69, 9.17) is 0 Å². The number of hydrogen-bond acceptors (Lipinski definition) is 3. The van der Waals surface area contributed by atoms with Gasteiger partial charge in [-0.05, 0) is 31.2 Å². The molecule has 1 amide bonds. The lowest BCUT2D eigenvalue weighted by Crippen LogP contribution is -2.38. The van der Waals surface area contributed by atoms with Crippen molar-refractivity contribution in [3.63, 3.8) is 0 Å². The van der Waals surface area contributed by atoms with Gasteiger partial charge in [0.05, 0.1) is 11.4 Å². The van der Waals surface area contributed by atoms with Crippen LogP contribution in [0.15, 0.2) is 53.6 Å². The first-order valence-corrected chi connectivity index (χ1v) is 6.53. The van der Waals surface area contributed by atoms with Crippen LogP contribution >= 0.6 is 11.8 Å². The maximum atomic E-state index is 12.3. The Labute approximate surface area is 110 Å². The molecule has 0 spiro atoms. The van der Waals surface area contributed by atoms with E-state index in [1.807, 2.05) is 49.4 Å². The van der Waals surface area contributed by atoms with Crippen molar-refractivity contribution in [2.24, 2.45) is 0 Å². The van der Waals surface area contributed by atoms with E-state index in [-0.39, 0.29) is 5.91 Å². The maximum absolute atomic E-state index is 12.3. The van der Waals surface area contributed by atoms with E-state index < -0.39 is 4.75 Å².